The molecule has 0 aliphatic carbocycles. The molecule has 2 aromatic carbocycles. The molecule has 0 aliphatic rings. The van der Waals surface area contributed by atoms with Crippen LogP contribution in [0.5, 0.6) is 0 Å². The molecule has 0 bridgehead atoms. The molecule has 16 heavy (non-hydrogen) atoms. The van der Waals surface area contributed by atoms with Gasteiger partial charge in [-0.15, -0.1) is 0 Å². The highest BCUT2D eigenvalue weighted by atomic mass is 32.2. The van der Waals surface area contributed by atoms with Crippen molar-refractivity contribution in [1.29, 1.82) is 0 Å². The molecular weight excluding hydrogens is 238 g/mol. The van der Waals surface area contributed by atoms with Gasteiger partial charge in [0, 0.05) is 5.39 Å². The summed E-state index contributed by atoms with van der Waals surface area (Å²) in [4.78, 5) is -1.02. The molecule has 3 nitrogen and oxygen atoms in total. The standard InChI is InChI=1S/C10H6F2O3S/c11-8-5-6-3-1-2-4-7(6)10(9(8)12)16(13,14)15/h1-5H,(H,13,14,15). The van der Waals surface area contributed by atoms with E-state index in [1.54, 1.807) is 6.07 Å². The quantitative estimate of drug-likeness (QED) is 0.783. The van der Waals surface area contributed by atoms with Gasteiger partial charge < -0.3 is 0 Å². The summed E-state index contributed by atoms with van der Waals surface area (Å²) in [6.45, 7) is 0. The van der Waals surface area contributed by atoms with Crippen LogP contribution >= 0.6 is 0 Å². The van der Waals surface area contributed by atoms with Crippen LogP contribution in [-0.4, -0.2) is 13.0 Å². The molecule has 0 saturated carbocycles. The van der Waals surface area contributed by atoms with Crippen LogP contribution in [-0.2, 0) is 10.1 Å². The predicted molar refractivity (Wildman–Crippen MR) is 53.7 cm³/mol. The van der Waals surface area contributed by atoms with Crippen molar-refractivity contribution in [1.82, 2.24) is 0 Å². The first kappa shape index (κ1) is 11.0. The first-order chi connectivity index (χ1) is 7.41. The van der Waals surface area contributed by atoms with Crippen LogP contribution in [0.3, 0.4) is 0 Å². The van der Waals surface area contributed by atoms with Crippen molar-refractivity contribution in [3.05, 3.63) is 42.0 Å². The third-order valence-corrected chi connectivity index (χ3v) is 3.07. The van der Waals surface area contributed by atoms with Gasteiger partial charge in [-0.1, -0.05) is 24.3 Å². The summed E-state index contributed by atoms with van der Waals surface area (Å²) in [6, 6.07) is 6.61. The monoisotopic (exact) mass is 244 g/mol. The Morgan fingerprint density at radius 1 is 1.12 bits per heavy atom. The maximum atomic E-state index is 13.3. The molecule has 0 atom stereocenters. The zero-order chi connectivity index (χ0) is 11.9. The molecule has 0 heterocycles. The second kappa shape index (κ2) is 3.50. The number of hydrogen-bond acceptors (Lipinski definition) is 2. The van der Waals surface area contributed by atoms with Gasteiger partial charge in [0.25, 0.3) is 10.1 Å². The maximum absolute atomic E-state index is 13.3. The van der Waals surface area contributed by atoms with Crippen molar-refractivity contribution in [2.75, 3.05) is 0 Å². The molecule has 2 rings (SSSR count). The summed E-state index contributed by atoms with van der Waals surface area (Å²) in [5.41, 5.74) is 0. The second-order valence-corrected chi connectivity index (χ2v) is 4.56. The SMILES string of the molecule is O=S(=O)(O)c1c(F)c(F)cc2ccccc12. The van der Waals surface area contributed by atoms with Gasteiger partial charge in [-0.25, -0.2) is 8.78 Å². The molecule has 0 aromatic heterocycles. The van der Waals surface area contributed by atoms with Gasteiger partial charge in [0.15, 0.2) is 11.6 Å². The molecule has 0 aliphatic heterocycles. The van der Waals surface area contributed by atoms with Gasteiger partial charge in [-0.3, -0.25) is 4.55 Å². The molecule has 84 valence electrons. The van der Waals surface area contributed by atoms with E-state index in [1.807, 2.05) is 0 Å². The Balaban J connectivity index is 3.05. The van der Waals surface area contributed by atoms with Crippen LogP contribution in [0, 0.1) is 11.6 Å². The Labute approximate surface area is 90.1 Å². The van der Waals surface area contributed by atoms with Crippen molar-refractivity contribution in [3.8, 4) is 0 Å². The third-order valence-electron chi connectivity index (χ3n) is 2.15. The molecule has 0 saturated heterocycles. The van der Waals surface area contributed by atoms with Crippen LogP contribution in [0.1, 0.15) is 0 Å². The third kappa shape index (κ3) is 1.66. The molecule has 2 aromatic rings. The van der Waals surface area contributed by atoms with Gasteiger partial charge in [-0.05, 0) is 11.5 Å². The van der Waals surface area contributed by atoms with Crippen LogP contribution in [0.25, 0.3) is 10.8 Å². The van der Waals surface area contributed by atoms with Crippen molar-refractivity contribution in [2.24, 2.45) is 0 Å². The smallest absolute Gasteiger partial charge is 0.282 e. The fraction of sp³-hybridized carbons (Fsp3) is 0. The van der Waals surface area contributed by atoms with E-state index >= 15 is 0 Å². The molecule has 0 spiro atoms. The minimum absolute atomic E-state index is 0.0519. The van der Waals surface area contributed by atoms with Gasteiger partial charge >= 0.3 is 0 Å². The lowest BCUT2D eigenvalue weighted by Crippen LogP contribution is -2.04. The zero-order valence-corrected chi connectivity index (χ0v) is 8.63. The highest BCUT2D eigenvalue weighted by Crippen LogP contribution is 2.27. The Kier molecular flexibility index (Phi) is 2.40. The molecule has 6 heteroatoms. The minimum Gasteiger partial charge on any atom is -0.282 e. The first-order valence-electron chi connectivity index (χ1n) is 4.25. The van der Waals surface area contributed by atoms with Crippen molar-refractivity contribution < 1.29 is 21.8 Å². The highest BCUT2D eigenvalue weighted by Gasteiger charge is 2.23. The van der Waals surface area contributed by atoms with E-state index in [1.165, 1.54) is 18.2 Å². The minimum atomic E-state index is -4.80. The molecule has 0 unspecified atom stereocenters. The van der Waals surface area contributed by atoms with E-state index in [0.717, 1.165) is 6.07 Å². The Hall–Kier alpha value is -1.53. The van der Waals surface area contributed by atoms with E-state index in [9.17, 15) is 17.2 Å². The maximum Gasteiger partial charge on any atom is 0.298 e. The van der Waals surface area contributed by atoms with E-state index < -0.39 is 26.6 Å². The predicted octanol–water partition coefficient (Wildman–Crippen LogP) is 2.36. The molecule has 0 radical (unpaired) electrons. The van der Waals surface area contributed by atoms with Crippen molar-refractivity contribution in [2.45, 2.75) is 4.90 Å². The Morgan fingerprint density at radius 3 is 2.38 bits per heavy atom. The normalized spacial score (nSPS) is 11.9. The second-order valence-electron chi connectivity index (χ2n) is 3.20. The fourth-order valence-corrected chi connectivity index (χ4v) is 2.30. The van der Waals surface area contributed by atoms with E-state index in [0.29, 0.717) is 0 Å². The van der Waals surface area contributed by atoms with E-state index in [-0.39, 0.29) is 10.8 Å². The van der Waals surface area contributed by atoms with E-state index in [2.05, 4.69) is 0 Å². The van der Waals surface area contributed by atoms with Gasteiger partial charge in [0.2, 0.25) is 0 Å². The summed E-state index contributed by atoms with van der Waals surface area (Å²) < 4.78 is 57.2. The van der Waals surface area contributed by atoms with Gasteiger partial charge in [0.05, 0.1) is 0 Å². The first-order valence-corrected chi connectivity index (χ1v) is 5.69. The highest BCUT2D eigenvalue weighted by molar-refractivity contribution is 7.86. The summed E-state index contributed by atoms with van der Waals surface area (Å²) in [5, 5.41) is 0.151. The lowest BCUT2D eigenvalue weighted by Gasteiger charge is -2.05. The zero-order valence-electron chi connectivity index (χ0n) is 7.81. The summed E-state index contributed by atoms with van der Waals surface area (Å²) in [6.07, 6.45) is 0. The number of hydrogen-bond donors (Lipinski definition) is 1. The molecular formula is C10H6F2O3S. The van der Waals surface area contributed by atoms with Crippen molar-refractivity contribution in [3.63, 3.8) is 0 Å². The number of rotatable bonds is 1. The summed E-state index contributed by atoms with van der Waals surface area (Å²) >= 11 is 0. The van der Waals surface area contributed by atoms with E-state index in [4.69, 9.17) is 4.55 Å². The van der Waals surface area contributed by atoms with Crippen molar-refractivity contribution >= 4 is 20.9 Å². The summed E-state index contributed by atoms with van der Waals surface area (Å²) in [5.74, 6) is -2.88. The van der Waals surface area contributed by atoms with Crippen LogP contribution in [0.2, 0.25) is 0 Å². The number of halogens is 2. The van der Waals surface area contributed by atoms with Crippen LogP contribution in [0.15, 0.2) is 35.2 Å². The Bertz CT molecular complexity index is 665. The van der Waals surface area contributed by atoms with Crippen LogP contribution in [0.4, 0.5) is 8.78 Å². The van der Waals surface area contributed by atoms with Gasteiger partial charge in [0.1, 0.15) is 4.90 Å². The average molecular weight is 244 g/mol. The van der Waals surface area contributed by atoms with Gasteiger partial charge in [-0.2, -0.15) is 8.42 Å². The fourth-order valence-electron chi connectivity index (χ4n) is 1.51. The molecule has 0 fully saturated rings. The number of benzene rings is 2. The summed E-state index contributed by atoms with van der Waals surface area (Å²) in [7, 11) is -4.80. The Morgan fingerprint density at radius 2 is 1.75 bits per heavy atom. The lowest BCUT2D eigenvalue weighted by atomic mass is 10.1. The molecule has 0 amide bonds. The lowest BCUT2D eigenvalue weighted by molar-refractivity contribution is 0.457. The van der Waals surface area contributed by atoms with Crippen LogP contribution < -0.4 is 0 Å². The molecule has 1 N–H and O–H groups in total. The largest absolute Gasteiger partial charge is 0.298 e. The average Bonchev–Trinajstić information content (AvgIpc) is 2.17. The number of fused-ring (bicyclic) bond motifs is 1. The topological polar surface area (TPSA) is 54.4 Å².